The van der Waals surface area contributed by atoms with E-state index >= 15 is 0 Å². The van der Waals surface area contributed by atoms with Crippen molar-refractivity contribution in [3.05, 3.63) is 35.7 Å². The molecule has 3 rings (SSSR count). The summed E-state index contributed by atoms with van der Waals surface area (Å²) in [6, 6.07) is 7.43. The number of benzene rings is 1. The third-order valence-corrected chi connectivity index (χ3v) is 4.51. The van der Waals surface area contributed by atoms with Gasteiger partial charge in [0.15, 0.2) is 0 Å². The molecule has 2 heterocycles. The lowest BCUT2D eigenvalue weighted by molar-refractivity contribution is 0.0849. The van der Waals surface area contributed by atoms with Crippen molar-refractivity contribution in [3.8, 4) is 11.5 Å². The van der Waals surface area contributed by atoms with Crippen molar-refractivity contribution < 1.29 is 13.9 Å². The molecule has 1 fully saturated rings. The third-order valence-electron chi connectivity index (χ3n) is 4.51. The van der Waals surface area contributed by atoms with E-state index in [9.17, 15) is 4.79 Å². The van der Waals surface area contributed by atoms with Gasteiger partial charge in [0.1, 0.15) is 5.76 Å². The fraction of sp³-hybridized carbons (Fsp3) is 0.474. The maximum Gasteiger partial charge on any atom is 0.321 e. The normalized spacial score (nSPS) is 16.8. The lowest BCUT2D eigenvalue weighted by atomic mass is 10.2. The SMILES string of the molecule is CCN(CC1CCCO1)C(=O)Nc1cccc(-c2nc(C)c(C)o2)c1. The highest BCUT2D eigenvalue weighted by atomic mass is 16.5. The number of urea groups is 1. The molecule has 25 heavy (non-hydrogen) atoms. The van der Waals surface area contributed by atoms with E-state index in [0.29, 0.717) is 19.0 Å². The predicted molar refractivity (Wildman–Crippen MR) is 96.7 cm³/mol. The molecule has 1 unspecified atom stereocenters. The van der Waals surface area contributed by atoms with Crippen LogP contribution in [0.1, 0.15) is 31.2 Å². The van der Waals surface area contributed by atoms with Gasteiger partial charge in [-0.05, 0) is 51.8 Å². The van der Waals surface area contributed by atoms with Gasteiger partial charge in [0.05, 0.1) is 11.8 Å². The first kappa shape index (κ1) is 17.5. The summed E-state index contributed by atoms with van der Waals surface area (Å²) in [6.07, 6.45) is 2.23. The Kier molecular flexibility index (Phi) is 5.38. The van der Waals surface area contributed by atoms with E-state index < -0.39 is 0 Å². The van der Waals surface area contributed by atoms with E-state index in [4.69, 9.17) is 9.15 Å². The minimum atomic E-state index is -0.116. The molecule has 0 aliphatic carbocycles. The van der Waals surface area contributed by atoms with Crippen molar-refractivity contribution in [2.45, 2.75) is 39.7 Å². The number of likely N-dealkylation sites (N-methyl/N-ethyl adjacent to an activating group) is 1. The predicted octanol–water partition coefficient (Wildman–Crippen LogP) is 3.99. The highest BCUT2D eigenvalue weighted by Gasteiger charge is 2.21. The van der Waals surface area contributed by atoms with Crippen molar-refractivity contribution in [3.63, 3.8) is 0 Å². The Bertz CT molecular complexity index is 716. The smallest absolute Gasteiger partial charge is 0.321 e. The van der Waals surface area contributed by atoms with Crippen LogP contribution in [0.5, 0.6) is 0 Å². The molecule has 2 aromatic rings. The van der Waals surface area contributed by atoms with E-state index in [-0.39, 0.29) is 12.1 Å². The number of amides is 2. The minimum absolute atomic E-state index is 0.116. The lowest BCUT2D eigenvalue weighted by Crippen LogP contribution is -2.39. The van der Waals surface area contributed by atoms with Gasteiger partial charge >= 0.3 is 6.03 Å². The van der Waals surface area contributed by atoms with Crippen LogP contribution in [-0.4, -0.2) is 41.7 Å². The number of hydrogen-bond acceptors (Lipinski definition) is 4. The minimum Gasteiger partial charge on any atom is -0.441 e. The van der Waals surface area contributed by atoms with Crippen molar-refractivity contribution in [2.75, 3.05) is 25.0 Å². The Morgan fingerprint density at radius 2 is 2.24 bits per heavy atom. The van der Waals surface area contributed by atoms with Crippen LogP contribution in [0.2, 0.25) is 0 Å². The molecule has 1 aromatic carbocycles. The molecular formula is C19H25N3O3. The van der Waals surface area contributed by atoms with Gasteiger partial charge in [-0.1, -0.05) is 6.07 Å². The average molecular weight is 343 g/mol. The summed E-state index contributed by atoms with van der Waals surface area (Å²) in [5.74, 6) is 1.37. The number of ether oxygens (including phenoxy) is 1. The van der Waals surface area contributed by atoms with Crippen LogP contribution in [0.3, 0.4) is 0 Å². The average Bonchev–Trinajstić information content (AvgIpc) is 3.23. The van der Waals surface area contributed by atoms with Crippen molar-refractivity contribution in [1.29, 1.82) is 0 Å². The van der Waals surface area contributed by atoms with Gasteiger partial charge in [-0.15, -0.1) is 0 Å². The van der Waals surface area contributed by atoms with Crippen LogP contribution in [0.25, 0.3) is 11.5 Å². The van der Waals surface area contributed by atoms with Gasteiger partial charge < -0.3 is 19.4 Å². The molecule has 2 amide bonds. The first-order valence-electron chi connectivity index (χ1n) is 8.78. The standard InChI is InChI=1S/C19H25N3O3/c1-4-22(12-17-9-6-10-24-17)19(23)21-16-8-5-7-15(11-16)18-20-13(2)14(3)25-18/h5,7-8,11,17H,4,6,9-10,12H2,1-3H3,(H,21,23). The summed E-state index contributed by atoms with van der Waals surface area (Å²) in [5.41, 5.74) is 2.44. The van der Waals surface area contributed by atoms with Gasteiger partial charge in [-0.25, -0.2) is 9.78 Å². The van der Waals surface area contributed by atoms with Crippen LogP contribution in [0, 0.1) is 13.8 Å². The summed E-state index contributed by atoms with van der Waals surface area (Å²) in [7, 11) is 0. The van der Waals surface area contributed by atoms with Crippen LogP contribution < -0.4 is 5.32 Å². The maximum absolute atomic E-state index is 12.6. The maximum atomic E-state index is 12.6. The lowest BCUT2D eigenvalue weighted by Gasteiger charge is -2.24. The Labute approximate surface area is 148 Å². The number of oxazole rings is 1. The molecule has 1 aliphatic rings. The van der Waals surface area contributed by atoms with Gasteiger partial charge in [0, 0.05) is 30.9 Å². The second-order valence-electron chi connectivity index (χ2n) is 6.35. The summed E-state index contributed by atoms with van der Waals surface area (Å²) in [6.45, 7) is 7.84. The summed E-state index contributed by atoms with van der Waals surface area (Å²) in [5, 5.41) is 2.96. The van der Waals surface area contributed by atoms with E-state index in [1.54, 1.807) is 4.90 Å². The molecule has 134 valence electrons. The number of nitrogens with zero attached hydrogens (tertiary/aromatic N) is 2. The highest BCUT2D eigenvalue weighted by Crippen LogP contribution is 2.24. The van der Waals surface area contributed by atoms with E-state index in [1.165, 1.54) is 0 Å². The Hall–Kier alpha value is -2.34. The number of hydrogen-bond donors (Lipinski definition) is 1. The van der Waals surface area contributed by atoms with Crippen LogP contribution >= 0.6 is 0 Å². The number of carbonyl (C=O) groups excluding carboxylic acids is 1. The molecule has 1 aromatic heterocycles. The van der Waals surface area contributed by atoms with E-state index in [2.05, 4.69) is 10.3 Å². The largest absolute Gasteiger partial charge is 0.441 e. The topological polar surface area (TPSA) is 67.6 Å². The number of aromatic nitrogens is 1. The summed E-state index contributed by atoms with van der Waals surface area (Å²) in [4.78, 5) is 18.8. The molecule has 1 atom stereocenters. The van der Waals surface area contributed by atoms with Gasteiger partial charge in [0.2, 0.25) is 5.89 Å². The zero-order valence-electron chi connectivity index (χ0n) is 15.0. The molecule has 0 saturated carbocycles. The second kappa shape index (κ2) is 7.70. The van der Waals surface area contributed by atoms with Crippen LogP contribution in [0.15, 0.2) is 28.7 Å². The molecule has 1 saturated heterocycles. The van der Waals surface area contributed by atoms with Crippen molar-refractivity contribution in [1.82, 2.24) is 9.88 Å². The fourth-order valence-electron chi connectivity index (χ4n) is 2.92. The van der Waals surface area contributed by atoms with Crippen LogP contribution in [0.4, 0.5) is 10.5 Å². The Morgan fingerprint density at radius 3 is 2.88 bits per heavy atom. The first-order chi connectivity index (χ1) is 12.1. The van der Waals surface area contributed by atoms with E-state index in [0.717, 1.165) is 42.2 Å². The molecule has 0 spiro atoms. The molecular weight excluding hydrogens is 318 g/mol. The van der Waals surface area contributed by atoms with Gasteiger partial charge in [-0.3, -0.25) is 0 Å². The molecule has 6 nitrogen and oxygen atoms in total. The Balaban J connectivity index is 1.69. The molecule has 6 heteroatoms. The quantitative estimate of drug-likeness (QED) is 0.891. The summed E-state index contributed by atoms with van der Waals surface area (Å²) < 4.78 is 11.3. The third kappa shape index (κ3) is 4.20. The first-order valence-corrected chi connectivity index (χ1v) is 8.78. The number of rotatable bonds is 5. The number of carbonyl (C=O) groups is 1. The van der Waals surface area contributed by atoms with Crippen molar-refractivity contribution >= 4 is 11.7 Å². The fourth-order valence-corrected chi connectivity index (χ4v) is 2.92. The van der Waals surface area contributed by atoms with Crippen LogP contribution in [-0.2, 0) is 4.74 Å². The monoisotopic (exact) mass is 343 g/mol. The molecule has 1 aliphatic heterocycles. The number of nitrogens with one attached hydrogen (secondary N) is 1. The zero-order chi connectivity index (χ0) is 17.8. The number of aryl methyl sites for hydroxylation is 2. The Morgan fingerprint density at radius 1 is 1.40 bits per heavy atom. The second-order valence-corrected chi connectivity index (χ2v) is 6.35. The zero-order valence-corrected chi connectivity index (χ0v) is 15.0. The van der Waals surface area contributed by atoms with Gasteiger partial charge in [0.25, 0.3) is 0 Å². The molecule has 0 bridgehead atoms. The summed E-state index contributed by atoms with van der Waals surface area (Å²) >= 11 is 0. The van der Waals surface area contributed by atoms with E-state index in [1.807, 2.05) is 45.0 Å². The van der Waals surface area contributed by atoms with Gasteiger partial charge in [-0.2, -0.15) is 0 Å². The number of anilines is 1. The molecule has 0 radical (unpaired) electrons. The van der Waals surface area contributed by atoms with Crippen molar-refractivity contribution in [2.24, 2.45) is 0 Å². The molecule has 1 N–H and O–H groups in total. The highest BCUT2D eigenvalue weighted by molar-refractivity contribution is 5.90.